The number of benzene rings is 4. The Morgan fingerprint density at radius 1 is 0.481 bits per heavy atom. The second-order valence-electron chi connectivity index (χ2n) is 6.25. The summed E-state index contributed by atoms with van der Waals surface area (Å²) in [5.74, 6) is 0. The van der Waals surface area contributed by atoms with Crippen LogP contribution in [0.5, 0.6) is 0 Å². The van der Waals surface area contributed by atoms with E-state index in [2.05, 4.69) is 119 Å². The standard InChI is InChI=1S/C25H19Br.H3N/c26-18-22-16-17-23(19-10-4-1-5-11-19)25(21-14-8-3-9-15-21)24(22)20-12-6-2-7-13-20;/h1-17H,18H2;1H3. The average Bonchev–Trinajstić information content (AvgIpc) is 2.74. The Hall–Kier alpha value is -2.68. The van der Waals surface area contributed by atoms with E-state index in [1.807, 2.05) is 0 Å². The number of halogens is 1. The lowest BCUT2D eigenvalue weighted by atomic mass is 9.85. The van der Waals surface area contributed by atoms with Crippen molar-refractivity contribution < 1.29 is 0 Å². The monoisotopic (exact) mass is 415 g/mol. The largest absolute Gasteiger partial charge is 0.344 e. The van der Waals surface area contributed by atoms with Crippen molar-refractivity contribution in [2.24, 2.45) is 0 Å². The molecule has 0 aliphatic rings. The van der Waals surface area contributed by atoms with Gasteiger partial charge in [-0.05, 0) is 38.9 Å². The maximum atomic E-state index is 3.69. The van der Waals surface area contributed by atoms with Gasteiger partial charge in [0.05, 0.1) is 0 Å². The van der Waals surface area contributed by atoms with E-state index in [4.69, 9.17) is 0 Å². The normalized spacial score (nSPS) is 10.3. The molecule has 0 radical (unpaired) electrons. The molecule has 0 spiro atoms. The first kappa shape index (κ1) is 19.1. The Labute approximate surface area is 169 Å². The van der Waals surface area contributed by atoms with Gasteiger partial charge in [-0.15, -0.1) is 0 Å². The third kappa shape index (κ3) is 3.87. The molecule has 0 aromatic heterocycles. The van der Waals surface area contributed by atoms with Crippen molar-refractivity contribution in [3.8, 4) is 33.4 Å². The van der Waals surface area contributed by atoms with Gasteiger partial charge in [-0.3, -0.25) is 0 Å². The van der Waals surface area contributed by atoms with Crippen molar-refractivity contribution in [1.82, 2.24) is 6.15 Å². The highest BCUT2D eigenvalue weighted by molar-refractivity contribution is 9.08. The predicted molar refractivity (Wildman–Crippen MR) is 120 cm³/mol. The van der Waals surface area contributed by atoms with Gasteiger partial charge in [0, 0.05) is 5.33 Å². The first-order valence-corrected chi connectivity index (χ1v) is 9.89. The van der Waals surface area contributed by atoms with Gasteiger partial charge in [0.2, 0.25) is 0 Å². The molecule has 0 heterocycles. The molecule has 0 amide bonds. The molecular weight excluding hydrogens is 394 g/mol. The molecular formula is C25H22BrN. The van der Waals surface area contributed by atoms with E-state index >= 15 is 0 Å². The maximum Gasteiger partial charge on any atom is 0.0289 e. The van der Waals surface area contributed by atoms with E-state index in [-0.39, 0.29) is 6.15 Å². The summed E-state index contributed by atoms with van der Waals surface area (Å²) in [4.78, 5) is 0. The van der Waals surface area contributed by atoms with Crippen LogP contribution in [0, 0.1) is 0 Å². The van der Waals surface area contributed by atoms with E-state index in [1.54, 1.807) is 0 Å². The van der Waals surface area contributed by atoms with Gasteiger partial charge in [0.25, 0.3) is 0 Å². The summed E-state index contributed by atoms with van der Waals surface area (Å²) in [5.41, 5.74) is 8.89. The van der Waals surface area contributed by atoms with Crippen molar-refractivity contribution in [2.75, 3.05) is 0 Å². The third-order valence-electron chi connectivity index (χ3n) is 4.65. The van der Waals surface area contributed by atoms with Gasteiger partial charge in [-0.2, -0.15) is 0 Å². The van der Waals surface area contributed by atoms with Gasteiger partial charge < -0.3 is 6.15 Å². The molecule has 134 valence electrons. The van der Waals surface area contributed by atoms with Crippen molar-refractivity contribution in [3.05, 3.63) is 109 Å². The fraction of sp³-hybridized carbons (Fsp3) is 0.0400. The quantitative estimate of drug-likeness (QED) is 0.339. The zero-order valence-electron chi connectivity index (χ0n) is 15.1. The van der Waals surface area contributed by atoms with Crippen LogP contribution in [-0.2, 0) is 5.33 Å². The van der Waals surface area contributed by atoms with Crippen LogP contribution in [0.1, 0.15) is 5.56 Å². The Bertz CT molecular complexity index is 996. The summed E-state index contributed by atoms with van der Waals surface area (Å²) in [6, 6.07) is 36.5. The molecule has 0 fully saturated rings. The summed E-state index contributed by atoms with van der Waals surface area (Å²) in [6.45, 7) is 0. The minimum atomic E-state index is 0. The smallest absolute Gasteiger partial charge is 0.0289 e. The van der Waals surface area contributed by atoms with Crippen LogP contribution in [0.3, 0.4) is 0 Å². The van der Waals surface area contributed by atoms with Gasteiger partial charge in [0.1, 0.15) is 0 Å². The Balaban J connectivity index is 0.00000210. The summed E-state index contributed by atoms with van der Waals surface area (Å²) in [6.07, 6.45) is 0. The van der Waals surface area contributed by atoms with Crippen LogP contribution in [0.25, 0.3) is 33.4 Å². The number of hydrogen-bond donors (Lipinski definition) is 1. The van der Waals surface area contributed by atoms with Crippen LogP contribution >= 0.6 is 15.9 Å². The van der Waals surface area contributed by atoms with E-state index in [0.717, 1.165) is 5.33 Å². The maximum absolute atomic E-state index is 3.69. The highest BCUT2D eigenvalue weighted by Gasteiger charge is 2.17. The minimum Gasteiger partial charge on any atom is -0.344 e. The highest BCUT2D eigenvalue weighted by atomic mass is 79.9. The van der Waals surface area contributed by atoms with Crippen molar-refractivity contribution in [1.29, 1.82) is 0 Å². The molecule has 27 heavy (non-hydrogen) atoms. The molecule has 4 aromatic carbocycles. The lowest BCUT2D eigenvalue weighted by Gasteiger charge is -2.19. The zero-order valence-corrected chi connectivity index (χ0v) is 16.7. The fourth-order valence-electron chi connectivity index (χ4n) is 3.45. The molecule has 0 atom stereocenters. The van der Waals surface area contributed by atoms with Gasteiger partial charge >= 0.3 is 0 Å². The predicted octanol–water partition coefficient (Wildman–Crippen LogP) is 7.74. The Morgan fingerprint density at radius 3 is 1.41 bits per heavy atom. The van der Waals surface area contributed by atoms with Crippen molar-refractivity contribution in [2.45, 2.75) is 5.33 Å². The molecule has 2 heteroatoms. The number of rotatable bonds is 4. The topological polar surface area (TPSA) is 35.0 Å². The molecule has 0 saturated heterocycles. The van der Waals surface area contributed by atoms with Gasteiger partial charge in [0.15, 0.2) is 0 Å². The van der Waals surface area contributed by atoms with E-state index in [0.29, 0.717) is 0 Å². The molecule has 4 aromatic rings. The Kier molecular flexibility index (Phi) is 6.23. The van der Waals surface area contributed by atoms with Gasteiger partial charge in [-0.25, -0.2) is 0 Å². The average molecular weight is 416 g/mol. The van der Waals surface area contributed by atoms with Crippen molar-refractivity contribution >= 4 is 15.9 Å². The Morgan fingerprint density at radius 2 is 0.926 bits per heavy atom. The molecule has 0 unspecified atom stereocenters. The van der Waals surface area contributed by atoms with Crippen LogP contribution < -0.4 is 6.15 Å². The van der Waals surface area contributed by atoms with E-state index < -0.39 is 0 Å². The number of alkyl halides is 1. The second kappa shape index (κ2) is 8.81. The van der Waals surface area contributed by atoms with Crippen LogP contribution in [0.4, 0.5) is 0 Å². The van der Waals surface area contributed by atoms with Crippen LogP contribution in [0.2, 0.25) is 0 Å². The molecule has 0 aliphatic carbocycles. The lowest BCUT2D eigenvalue weighted by molar-refractivity contribution is 1.42. The number of hydrogen-bond acceptors (Lipinski definition) is 1. The molecule has 4 rings (SSSR count). The second-order valence-corrected chi connectivity index (χ2v) is 6.81. The first-order chi connectivity index (χ1) is 12.9. The third-order valence-corrected chi connectivity index (χ3v) is 5.25. The van der Waals surface area contributed by atoms with E-state index in [9.17, 15) is 0 Å². The van der Waals surface area contributed by atoms with Crippen LogP contribution in [-0.4, -0.2) is 0 Å². The van der Waals surface area contributed by atoms with Gasteiger partial charge in [-0.1, -0.05) is 119 Å². The highest BCUT2D eigenvalue weighted by Crippen LogP contribution is 2.42. The summed E-state index contributed by atoms with van der Waals surface area (Å²) in [7, 11) is 0. The SMILES string of the molecule is BrCc1ccc(-c2ccccc2)c(-c2ccccc2)c1-c1ccccc1.N. The molecule has 1 nitrogen and oxygen atoms in total. The molecule has 0 bridgehead atoms. The molecule has 3 N–H and O–H groups in total. The summed E-state index contributed by atoms with van der Waals surface area (Å²) >= 11 is 3.69. The zero-order chi connectivity index (χ0) is 17.8. The van der Waals surface area contributed by atoms with Crippen LogP contribution in [0.15, 0.2) is 103 Å². The summed E-state index contributed by atoms with van der Waals surface area (Å²) in [5, 5.41) is 0.826. The lowest BCUT2D eigenvalue weighted by Crippen LogP contribution is -1.95. The summed E-state index contributed by atoms with van der Waals surface area (Å²) < 4.78 is 0. The molecule has 0 saturated carbocycles. The first-order valence-electron chi connectivity index (χ1n) is 8.76. The minimum absolute atomic E-state index is 0. The fourth-order valence-corrected chi connectivity index (χ4v) is 3.92. The van der Waals surface area contributed by atoms with E-state index in [1.165, 1.54) is 38.9 Å². The van der Waals surface area contributed by atoms with Crippen molar-refractivity contribution in [3.63, 3.8) is 0 Å². The molecule has 0 aliphatic heterocycles.